The zero-order chi connectivity index (χ0) is 21.1. The molecule has 3 aromatic carbocycles. The van der Waals surface area contributed by atoms with Gasteiger partial charge in [-0.05, 0) is 67.6 Å². The van der Waals surface area contributed by atoms with Crippen molar-refractivity contribution in [3.63, 3.8) is 0 Å². The number of ether oxygens (including phenoxy) is 1. The molecule has 30 heavy (non-hydrogen) atoms. The summed E-state index contributed by atoms with van der Waals surface area (Å²) in [6, 6.07) is 20.7. The largest absolute Gasteiger partial charge is 0.497 e. The molecule has 1 aromatic heterocycles. The van der Waals surface area contributed by atoms with Gasteiger partial charge in [-0.15, -0.1) is 10.2 Å². The van der Waals surface area contributed by atoms with Crippen LogP contribution in [0.1, 0.15) is 5.56 Å². The van der Waals surface area contributed by atoms with Crippen LogP contribution in [0, 0.1) is 6.92 Å². The maximum Gasteiger partial charge on any atom is 0.261 e. The fourth-order valence-corrected chi connectivity index (χ4v) is 3.86. The monoisotopic (exact) mass is 421 g/mol. The van der Waals surface area contributed by atoms with Crippen molar-refractivity contribution in [1.29, 1.82) is 0 Å². The summed E-state index contributed by atoms with van der Waals surface area (Å²) in [7, 11) is -2.18. The van der Waals surface area contributed by atoms with E-state index in [4.69, 9.17) is 9.15 Å². The molecule has 0 radical (unpaired) electrons. The summed E-state index contributed by atoms with van der Waals surface area (Å²) in [5, 5.41) is 8.18. The molecule has 152 valence electrons. The summed E-state index contributed by atoms with van der Waals surface area (Å²) >= 11 is 0. The summed E-state index contributed by atoms with van der Waals surface area (Å²) in [4.78, 5) is 0.145. The fourth-order valence-electron chi connectivity index (χ4n) is 2.80. The van der Waals surface area contributed by atoms with E-state index in [1.54, 1.807) is 36.4 Å². The third-order valence-corrected chi connectivity index (χ3v) is 5.87. The van der Waals surface area contributed by atoms with Crippen molar-refractivity contribution in [1.82, 2.24) is 10.2 Å². The average molecular weight is 421 g/mol. The first-order valence-corrected chi connectivity index (χ1v) is 10.6. The number of hydrogen-bond donors (Lipinski definition) is 1. The number of benzene rings is 3. The van der Waals surface area contributed by atoms with Crippen molar-refractivity contribution in [3.05, 3.63) is 78.4 Å². The van der Waals surface area contributed by atoms with Gasteiger partial charge in [0, 0.05) is 16.8 Å². The third-order valence-electron chi connectivity index (χ3n) is 4.48. The van der Waals surface area contributed by atoms with Crippen molar-refractivity contribution in [2.45, 2.75) is 11.8 Å². The number of nitrogens with zero attached hydrogens (tertiary/aromatic N) is 2. The Morgan fingerprint density at radius 2 is 1.33 bits per heavy atom. The maximum atomic E-state index is 12.5. The molecule has 0 unspecified atom stereocenters. The minimum absolute atomic E-state index is 0.145. The SMILES string of the molecule is COc1ccc(S(=O)(=O)Nc2ccc(-c3nnc(-c4ccc(C)cc4)o3)cc2)cc1. The van der Waals surface area contributed by atoms with Crippen molar-refractivity contribution < 1.29 is 17.6 Å². The molecule has 0 bridgehead atoms. The van der Waals surface area contributed by atoms with Crippen LogP contribution in [0.25, 0.3) is 22.9 Å². The maximum absolute atomic E-state index is 12.5. The normalized spacial score (nSPS) is 11.3. The quantitative estimate of drug-likeness (QED) is 0.492. The second-order valence-electron chi connectivity index (χ2n) is 6.64. The van der Waals surface area contributed by atoms with E-state index in [1.165, 1.54) is 19.2 Å². The first-order chi connectivity index (χ1) is 14.4. The molecule has 4 rings (SSSR count). The minimum atomic E-state index is -3.71. The Kier molecular flexibility index (Phi) is 5.24. The van der Waals surface area contributed by atoms with E-state index in [9.17, 15) is 8.42 Å². The third kappa shape index (κ3) is 4.18. The van der Waals surface area contributed by atoms with Gasteiger partial charge >= 0.3 is 0 Å². The van der Waals surface area contributed by atoms with Gasteiger partial charge in [0.15, 0.2) is 0 Å². The molecule has 0 atom stereocenters. The predicted molar refractivity (Wildman–Crippen MR) is 114 cm³/mol. The van der Waals surface area contributed by atoms with Gasteiger partial charge in [-0.1, -0.05) is 17.7 Å². The molecule has 1 N–H and O–H groups in total. The topological polar surface area (TPSA) is 94.3 Å². The highest BCUT2D eigenvalue weighted by Gasteiger charge is 2.15. The zero-order valence-corrected chi connectivity index (χ0v) is 17.2. The van der Waals surface area contributed by atoms with E-state index in [1.807, 2.05) is 31.2 Å². The van der Waals surface area contributed by atoms with E-state index >= 15 is 0 Å². The molecular weight excluding hydrogens is 402 g/mol. The molecule has 8 heteroatoms. The number of aromatic nitrogens is 2. The van der Waals surface area contributed by atoms with Crippen LogP contribution in [0.4, 0.5) is 5.69 Å². The summed E-state index contributed by atoms with van der Waals surface area (Å²) in [5.74, 6) is 1.37. The van der Waals surface area contributed by atoms with Crippen LogP contribution in [-0.2, 0) is 10.0 Å². The van der Waals surface area contributed by atoms with E-state index in [2.05, 4.69) is 14.9 Å². The number of rotatable bonds is 6. The van der Waals surface area contributed by atoms with Crippen LogP contribution in [0.2, 0.25) is 0 Å². The van der Waals surface area contributed by atoms with E-state index < -0.39 is 10.0 Å². The molecule has 7 nitrogen and oxygen atoms in total. The molecule has 0 aliphatic carbocycles. The Bertz CT molecular complexity index is 1250. The Morgan fingerprint density at radius 3 is 1.87 bits per heavy atom. The molecular formula is C22H19N3O4S. The summed E-state index contributed by atoms with van der Waals surface area (Å²) in [5.41, 5.74) is 3.09. The lowest BCUT2D eigenvalue weighted by Gasteiger charge is -2.09. The smallest absolute Gasteiger partial charge is 0.261 e. The van der Waals surface area contributed by atoms with Gasteiger partial charge < -0.3 is 9.15 Å². The number of hydrogen-bond acceptors (Lipinski definition) is 6. The van der Waals surface area contributed by atoms with Crippen LogP contribution in [-0.4, -0.2) is 25.7 Å². The van der Waals surface area contributed by atoms with Gasteiger partial charge in [-0.25, -0.2) is 8.42 Å². The minimum Gasteiger partial charge on any atom is -0.497 e. The number of sulfonamides is 1. The summed E-state index contributed by atoms with van der Waals surface area (Å²) < 4.78 is 38.5. The predicted octanol–water partition coefficient (Wildman–Crippen LogP) is 4.52. The molecule has 0 spiro atoms. The Hall–Kier alpha value is -3.65. The molecule has 1 heterocycles. The standard InChI is InChI=1S/C22H19N3O4S/c1-15-3-5-16(6-4-15)21-23-24-22(29-21)17-7-9-18(10-8-17)25-30(26,27)20-13-11-19(28-2)12-14-20/h3-14,25H,1-2H3. The molecule has 0 saturated heterocycles. The Morgan fingerprint density at radius 1 is 0.800 bits per heavy atom. The van der Waals surface area contributed by atoms with Crippen molar-refractivity contribution in [2.75, 3.05) is 11.8 Å². The zero-order valence-electron chi connectivity index (χ0n) is 16.4. The second-order valence-corrected chi connectivity index (χ2v) is 8.32. The first-order valence-electron chi connectivity index (χ1n) is 9.12. The van der Waals surface area contributed by atoms with Crippen LogP contribution in [0.15, 0.2) is 82.1 Å². The highest BCUT2D eigenvalue weighted by atomic mass is 32.2. The average Bonchev–Trinajstić information content (AvgIpc) is 3.25. The van der Waals surface area contributed by atoms with Crippen molar-refractivity contribution >= 4 is 15.7 Å². The van der Waals surface area contributed by atoms with Gasteiger partial charge in [0.25, 0.3) is 10.0 Å². The number of aryl methyl sites for hydroxylation is 1. The second kappa shape index (κ2) is 8.00. The number of methoxy groups -OCH3 is 1. The lowest BCUT2D eigenvalue weighted by atomic mass is 10.1. The fraction of sp³-hybridized carbons (Fsp3) is 0.0909. The van der Waals surface area contributed by atoms with Crippen LogP contribution in [0.5, 0.6) is 5.75 Å². The molecule has 0 aliphatic rings. The van der Waals surface area contributed by atoms with E-state index in [-0.39, 0.29) is 4.90 Å². The van der Waals surface area contributed by atoms with Gasteiger partial charge in [0.1, 0.15) is 5.75 Å². The first kappa shape index (κ1) is 19.7. The number of anilines is 1. The van der Waals surface area contributed by atoms with Gasteiger partial charge in [-0.2, -0.15) is 0 Å². The van der Waals surface area contributed by atoms with E-state index in [0.717, 1.165) is 11.1 Å². The van der Waals surface area contributed by atoms with Crippen LogP contribution >= 0.6 is 0 Å². The molecule has 4 aromatic rings. The highest BCUT2D eigenvalue weighted by molar-refractivity contribution is 7.92. The lowest BCUT2D eigenvalue weighted by Crippen LogP contribution is -2.12. The van der Waals surface area contributed by atoms with Gasteiger partial charge in [-0.3, -0.25) is 4.72 Å². The lowest BCUT2D eigenvalue weighted by molar-refractivity contribution is 0.414. The Balaban J connectivity index is 1.51. The van der Waals surface area contributed by atoms with Gasteiger partial charge in [0.2, 0.25) is 11.8 Å². The summed E-state index contributed by atoms with van der Waals surface area (Å²) in [6.07, 6.45) is 0. The van der Waals surface area contributed by atoms with E-state index in [0.29, 0.717) is 28.8 Å². The molecule has 0 aliphatic heterocycles. The van der Waals surface area contributed by atoms with Crippen molar-refractivity contribution in [2.24, 2.45) is 0 Å². The van der Waals surface area contributed by atoms with Gasteiger partial charge in [0.05, 0.1) is 12.0 Å². The van der Waals surface area contributed by atoms with Crippen molar-refractivity contribution in [3.8, 4) is 28.7 Å². The number of nitrogens with one attached hydrogen (secondary N) is 1. The Labute approximate surface area is 174 Å². The molecule has 0 amide bonds. The van der Waals surface area contributed by atoms with Crippen LogP contribution in [0.3, 0.4) is 0 Å². The highest BCUT2D eigenvalue weighted by Crippen LogP contribution is 2.26. The van der Waals surface area contributed by atoms with Crippen LogP contribution < -0.4 is 9.46 Å². The molecule has 0 fully saturated rings. The summed E-state index contributed by atoms with van der Waals surface area (Å²) in [6.45, 7) is 2.01. The molecule has 0 saturated carbocycles.